The molecule has 11 heavy (non-hydrogen) atoms. The van der Waals surface area contributed by atoms with E-state index in [1.54, 1.807) is 6.20 Å². The van der Waals surface area contributed by atoms with Gasteiger partial charge in [-0.25, -0.2) is 4.98 Å². The van der Waals surface area contributed by atoms with Crippen molar-refractivity contribution >= 4 is 33.7 Å². The van der Waals surface area contributed by atoms with Crippen LogP contribution in [0.15, 0.2) is 6.20 Å². The quantitative estimate of drug-likeness (QED) is 0.590. The van der Waals surface area contributed by atoms with Gasteiger partial charge in [-0.1, -0.05) is 15.9 Å². The van der Waals surface area contributed by atoms with E-state index in [1.165, 1.54) is 11.3 Å². The summed E-state index contributed by atoms with van der Waals surface area (Å²) in [6, 6.07) is 0. The zero-order valence-electron chi connectivity index (χ0n) is 5.62. The third kappa shape index (κ3) is 2.59. The van der Waals surface area contributed by atoms with Gasteiger partial charge >= 0.3 is 0 Å². The van der Waals surface area contributed by atoms with Crippen LogP contribution in [0.5, 0.6) is 0 Å². The molecule has 60 valence electrons. The van der Waals surface area contributed by atoms with E-state index in [9.17, 15) is 4.79 Å². The van der Waals surface area contributed by atoms with E-state index < -0.39 is 0 Å². The monoisotopic (exact) mass is 235 g/mol. The van der Waals surface area contributed by atoms with Gasteiger partial charge in [-0.05, 0) is 0 Å². The van der Waals surface area contributed by atoms with Crippen LogP contribution in [0.4, 0.5) is 0 Å². The zero-order chi connectivity index (χ0) is 8.10. The normalized spacial score (nSPS) is 9.55. The Balaban J connectivity index is 2.50. The van der Waals surface area contributed by atoms with Crippen molar-refractivity contribution in [2.24, 2.45) is 0 Å². The maximum atomic E-state index is 9.80. The summed E-state index contributed by atoms with van der Waals surface area (Å²) < 4.78 is 4.53. The van der Waals surface area contributed by atoms with Gasteiger partial charge in [0.05, 0.1) is 0 Å². The van der Waals surface area contributed by atoms with Crippen molar-refractivity contribution < 1.29 is 9.53 Å². The number of ether oxygens (including phenoxy) is 1. The number of aromatic nitrogens is 1. The van der Waals surface area contributed by atoms with E-state index in [4.69, 9.17) is 0 Å². The molecule has 1 rings (SSSR count). The molecule has 5 heteroatoms. The Hall–Kier alpha value is -0.420. The number of hydrogen-bond acceptors (Lipinski definition) is 4. The highest BCUT2D eigenvalue weighted by atomic mass is 79.9. The van der Waals surface area contributed by atoms with Gasteiger partial charge in [-0.15, -0.1) is 11.3 Å². The number of nitrogens with zero attached hydrogens (tertiary/aromatic N) is 1. The Morgan fingerprint density at radius 2 is 2.64 bits per heavy atom. The summed E-state index contributed by atoms with van der Waals surface area (Å²) in [6.45, 7) is 0.705. The first-order valence-corrected chi connectivity index (χ1v) is 4.85. The van der Waals surface area contributed by atoms with Crippen molar-refractivity contribution in [3.63, 3.8) is 0 Å². The average molecular weight is 236 g/mol. The number of thiazole rings is 1. The van der Waals surface area contributed by atoms with E-state index >= 15 is 0 Å². The second-order valence-electron chi connectivity index (χ2n) is 1.76. The molecule has 1 heterocycles. The summed E-state index contributed by atoms with van der Waals surface area (Å²) in [5.74, 6) is 0. The van der Waals surface area contributed by atoms with Gasteiger partial charge in [0.2, 0.25) is 0 Å². The summed E-state index contributed by atoms with van der Waals surface area (Å²) in [4.78, 5) is 15.0. The first-order chi connectivity index (χ1) is 5.36. The predicted octanol–water partition coefficient (Wildman–Crippen LogP) is 1.71. The lowest BCUT2D eigenvalue weighted by Crippen LogP contribution is -1.87. The fourth-order valence-corrected chi connectivity index (χ4v) is 1.76. The molecule has 1 aromatic heterocycles. The lowest BCUT2D eigenvalue weighted by molar-refractivity contribution is -0.129. The Morgan fingerprint density at radius 1 is 1.82 bits per heavy atom. The van der Waals surface area contributed by atoms with Crippen LogP contribution < -0.4 is 0 Å². The molecule has 0 spiro atoms. The van der Waals surface area contributed by atoms with Crippen LogP contribution in [0.1, 0.15) is 9.88 Å². The molecule has 0 aliphatic rings. The molecule has 0 amide bonds. The maximum absolute atomic E-state index is 9.80. The number of carbonyl (C=O) groups excluding carboxylic acids is 1. The van der Waals surface area contributed by atoms with Crippen LogP contribution >= 0.6 is 27.3 Å². The molecule has 0 N–H and O–H groups in total. The molecule has 0 atom stereocenters. The van der Waals surface area contributed by atoms with Crippen molar-refractivity contribution in [2.75, 3.05) is 0 Å². The van der Waals surface area contributed by atoms with Crippen LogP contribution in [0.3, 0.4) is 0 Å². The second-order valence-corrected chi connectivity index (χ2v) is 3.52. The second kappa shape index (κ2) is 4.46. The van der Waals surface area contributed by atoms with E-state index in [-0.39, 0.29) is 6.61 Å². The summed E-state index contributed by atoms with van der Waals surface area (Å²) in [5.41, 5.74) is 0. The largest absolute Gasteiger partial charge is 0.460 e. The Kier molecular flexibility index (Phi) is 3.51. The van der Waals surface area contributed by atoms with Crippen molar-refractivity contribution in [1.29, 1.82) is 0 Å². The average Bonchev–Trinajstić information content (AvgIpc) is 2.48. The Bertz CT molecular complexity index is 238. The topological polar surface area (TPSA) is 39.2 Å². The molecule has 0 saturated heterocycles. The van der Waals surface area contributed by atoms with Crippen molar-refractivity contribution in [3.05, 3.63) is 16.1 Å². The highest BCUT2D eigenvalue weighted by Gasteiger charge is 1.99. The molecule has 0 aliphatic heterocycles. The summed E-state index contributed by atoms with van der Waals surface area (Å²) >= 11 is 4.83. The minimum Gasteiger partial charge on any atom is -0.460 e. The van der Waals surface area contributed by atoms with Crippen molar-refractivity contribution in [1.82, 2.24) is 4.98 Å². The summed E-state index contributed by atoms with van der Waals surface area (Å²) in [6.07, 6.45) is 1.77. The third-order valence-electron chi connectivity index (χ3n) is 1.01. The van der Waals surface area contributed by atoms with E-state index in [0.29, 0.717) is 6.47 Å². The lowest BCUT2D eigenvalue weighted by Gasteiger charge is -1.89. The van der Waals surface area contributed by atoms with E-state index in [0.717, 1.165) is 15.2 Å². The standard InChI is InChI=1S/C6H6BrNO2S/c7-1-5-2-8-6(11-5)3-10-4-9/h2,4H,1,3H2. The van der Waals surface area contributed by atoms with Crippen molar-refractivity contribution in [2.45, 2.75) is 11.9 Å². The van der Waals surface area contributed by atoms with Gasteiger partial charge in [0, 0.05) is 16.4 Å². The number of carbonyl (C=O) groups is 1. The van der Waals surface area contributed by atoms with Crippen molar-refractivity contribution in [3.8, 4) is 0 Å². The van der Waals surface area contributed by atoms with E-state index in [1.807, 2.05) is 0 Å². The number of halogens is 1. The molecular weight excluding hydrogens is 230 g/mol. The van der Waals surface area contributed by atoms with Gasteiger partial charge in [0.15, 0.2) is 0 Å². The first-order valence-electron chi connectivity index (χ1n) is 2.91. The van der Waals surface area contributed by atoms with Crippen LogP contribution in [-0.2, 0) is 21.5 Å². The first kappa shape index (κ1) is 8.67. The molecule has 0 aromatic carbocycles. The number of rotatable bonds is 4. The number of hydrogen-bond donors (Lipinski definition) is 0. The van der Waals surface area contributed by atoms with Gasteiger partial charge in [0.1, 0.15) is 11.6 Å². The molecule has 0 unspecified atom stereocenters. The van der Waals surface area contributed by atoms with Crippen LogP contribution in [0.25, 0.3) is 0 Å². The molecule has 0 fully saturated rings. The fourth-order valence-electron chi connectivity index (χ4n) is 0.582. The lowest BCUT2D eigenvalue weighted by atomic mass is 10.6. The molecule has 0 radical (unpaired) electrons. The maximum Gasteiger partial charge on any atom is 0.293 e. The predicted molar refractivity (Wildman–Crippen MR) is 45.6 cm³/mol. The Labute approximate surface area is 76.5 Å². The molecule has 0 aliphatic carbocycles. The molecule has 3 nitrogen and oxygen atoms in total. The van der Waals surface area contributed by atoms with Crippen LogP contribution in [0, 0.1) is 0 Å². The minimum atomic E-state index is 0.279. The van der Waals surface area contributed by atoms with Gasteiger partial charge in [0.25, 0.3) is 6.47 Å². The zero-order valence-corrected chi connectivity index (χ0v) is 8.02. The smallest absolute Gasteiger partial charge is 0.293 e. The molecular formula is C6H6BrNO2S. The highest BCUT2D eigenvalue weighted by molar-refractivity contribution is 9.08. The SMILES string of the molecule is O=COCc1ncc(CBr)s1. The Morgan fingerprint density at radius 3 is 3.18 bits per heavy atom. The fraction of sp³-hybridized carbons (Fsp3) is 0.333. The van der Waals surface area contributed by atoms with Gasteiger partial charge < -0.3 is 4.74 Å². The highest BCUT2D eigenvalue weighted by Crippen LogP contribution is 2.15. The van der Waals surface area contributed by atoms with Crippen LogP contribution in [0.2, 0.25) is 0 Å². The minimum absolute atomic E-state index is 0.279. The number of alkyl halides is 1. The summed E-state index contributed by atoms with van der Waals surface area (Å²) in [5, 5.41) is 1.62. The summed E-state index contributed by atoms with van der Waals surface area (Å²) in [7, 11) is 0. The van der Waals surface area contributed by atoms with Gasteiger partial charge in [-0.2, -0.15) is 0 Å². The van der Waals surface area contributed by atoms with Crippen LogP contribution in [-0.4, -0.2) is 11.5 Å². The molecule has 0 bridgehead atoms. The van der Waals surface area contributed by atoms with Gasteiger partial charge in [-0.3, -0.25) is 4.79 Å². The third-order valence-corrected chi connectivity index (χ3v) is 2.95. The molecule has 0 saturated carbocycles. The molecule has 1 aromatic rings. The van der Waals surface area contributed by atoms with E-state index in [2.05, 4.69) is 25.7 Å².